The molecule has 8 heteroatoms. The zero-order valence-corrected chi connectivity index (χ0v) is 23.6. The molecule has 1 saturated carbocycles. The van der Waals surface area contributed by atoms with Gasteiger partial charge in [-0.25, -0.2) is 0 Å². The summed E-state index contributed by atoms with van der Waals surface area (Å²) in [5.41, 5.74) is 6.50. The van der Waals surface area contributed by atoms with Gasteiger partial charge < -0.3 is 21.3 Å². The van der Waals surface area contributed by atoms with E-state index in [1.807, 2.05) is 65.8 Å². The first-order valence-electron chi connectivity index (χ1n) is 13.9. The maximum Gasteiger partial charge on any atom is 0.246 e. The van der Waals surface area contributed by atoms with Crippen LogP contribution in [-0.2, 0) is 19.8 Å². The minimum atomic E-state index is -0.958. The van der Waals surface area contributed by atoms with E-state index in [-0.39, 0.29) is 36.1 Å². The Hall–Kier alpha value is -2.92. The minimum absolute atomic E-state index is 0.119. The van der Waals surface area contributed by atoms with E-state index in [1.54, 1.807) is 0 Å². The molecule has 1 unspecified atom stereocenters. The lowest BCUT2D eigenvalue weighted by Crippen LogP contribution is -2.58. The maximum absolute atomic E-state index is 14.1. The smallest absolute Gasteiger partial charge is 0.246 e. The molecule has 0 aromatic heterocycles. The summed E-state index contributed by atoms with van der Waals surface area (Å²) in [5.74, 6) is -0.866. The van der Waals surface area contributed by atoms with Gasteiger partial charge in [-0.3, -0.25) is 14.4 Å². The molecule has 5 atom stereocenters. The number of nitrogens with two attached hydrogens (primary N) is 1. The Morgan fingerprint density at radius 1 is 1.18 bits per heavy atom. The number of nitrogens with one attached hydrogen (secondary N) is 2. The Morgan fingerprint density at radius 3 is 2.39 bits per heavy atom. The lowest BCUT2D eigenvalue weighted by molar-refractivity contribution is -0.140. The molecule has 2 fully saturated rings. The van der Waals surface area contributed by atoms with Crippen LogP contribution in [0.5, 0.6) is 0 Å². The second kappa shape index (κ2) is 10.00. The van der Waals surface area contributed by atoms with Gasteiger partial charge in [0, 0.05) is 24.7 Å². The van der Waals surface area contributed by atoms with Crippen molar-refractivity contribution in [3.63, 3.8) is 0 Å². The number of likely N-dealkylation sites (tertiary alicyclic amines) is 1. The molecule has 1 aliphatic carbocycles. The fourth-order valence-electron chi connectivity index (χ4n) is 6.33. The van der Waals surface area contributed by atoms with Crippen LogP contribution in [0.2, 0.25) is 0 Å². The summed E-state index contributed by atoms with van der Waals surface area (Å²) >= 11 is 0. The number of para-hydroxylation sites is 1. The predicted molar refractivity (Wildman–Crippen MR) is 147 cm³/mol. The summed E-state index contributed by atoms with van der Waals surface area (Å²) in [5, 5.41) is 16.1. The molecular formula is C30H43N5O3. The van der Waals surface area contributed by atoms with Crippen molar-refractivity contribution in [3.8, 4) is 6.07 Å². The molecule has 206 valence electrons. The van der Waals surface area contributed by atoms with Crippen molar-refractivity contribution >= 4 is 23.4 Å². The number of anilines is 1. The highest BCUT2D eigenvalue weighted by molar-refractivity contribution is 6.07. The second-order valence-electron chi connectivity index (χ2n) is 13.7. The number of hydrogen-bond acceptors (Lipinski definition) is 5. The largest absolute Gasteiger partial charge is 0.344 e. The van der Waals surface area contributed by atoms with Gasteiger partial charge in [-0.2, -0.15) is 5.26 Å². The summed E-state index contributed by atoms with van der Waals surface area (Å²) in [6.45, 7) is 12.2. The molecule has 4 N–H and O–H groups in total. The number of amides is 3. The van der Waals surface area contributed by atoms with Crippen molar-refractivity contribution in [2.24, 2.45) is 28.4 Å². The number of carbonyl (C=O) groups excluding carboxylic acids is 3. The average Bonchev–Trinajstić information content (AvgIpc) is 3.32. The number of nitriles is 1. The summed E-state index contributed by atoms with van der Waals surface area (Å²) in [6.07, 6.45) is 3.92. The van der Waals surface area contributed by atoms with E-state index in [1.165, 1.54) is 4.90 Å². The van der Waals surface area contributed by atoms with Gasteiger partial charge in [0.25, 0.3) is 0 Å². The van der Waals surface area contributed by atoms with Gasteiger partial charge in [-0.15, -0.1) is 0 Å². The lowest BCUT2D eigenvalue weighted by Gasteiger charge is -2.41. The van der Waals surface area contributed by atoms with Crippen molar-refractivity contribution in [1.29, 1.82) is 5.26 Å². The molecule has 1 aromatic carbocycles. The molecule has 4 rings (SSSR count). The molecule has 0 bridgehead atoms. The molecular weight excluding hydrogens is 478 g/mol. The van der Waals surface area contributed by atoms with E-state index in [0.717, 1.165) is 30.5 Å². The first-order valence-corrected chi connectivity index (χ1v) is 13.9. The van der Waals surface area contributed by atoms with Crippen molar-refractivity contribution in [2.45, 2.75) is 97.2 Å². The molecule has 2 heterocycles. The van der Waals surface area contributed by atoms with Crippen LogP contribution in [0.15, 0.2) is 24.3 Å². The van der Waals surface area contributed by atoms with Crippen LogP contribution >= 0.6 is 0 Å². The SMILES string of the molecule is CC(C)(C)C(N)[C@@H](C(=O)N[C@@H](CC1CCC1)C(=O)N1C[C@]2(C[C@H]1C#N)C(=O)Nc1ccccc12)C(C)(C)C. The monoisotopic (exact) mass is 521 g/mol. The Balaban J connectivity index is 1.62. The third-order valence-electron chi connectivity index (χ3n) is 8.90. The second-order valence-corrected chi connectivity index (χ2v) is 13.7. The van der Waals surface area contributed by atoms with E-state index in [2.05, 4.69) is 16.7 Å². The van der Waals surface area contributed by atoms with Gasteiger partial charge in [0.1, 0.15) is 12.1 Å². The van der Waals surface area contributed by atoms with E-state index >= 15 is 0 Å². The summed E-state index contributed by atoms with van der Waals surface area (Å²) in [4.78, 5) is 42.7. The average molecular weight is 522 g/mol. The number of benzene rings is 1. The molecule has 1 saturated heterocycles. The lowest BCUT2D eigenvalue weighted by atomic mass is 9.68. The molecule has 3 aliphatic rings. The van der Waals surface area contributed by atoms with Gasteiger partial charge in [0.2, 0.25) is 17.7 Å². The van der Waals surface area contributed by atoms with Crippen molar-refractivity contribution in [3.05, 3.63) is 29.8 Å². The minimum Gasteiger partial charge on any atom is -0.344 e. The van der Waals surface area contributed by atoms with Crippen LogP contribution in [0, 0.1) is 34.0 Å². The molecule has 8 nitrogen and oxygen atoms in total. The number of rotatable bonds is 6. The van der Waals surface area contributed by atoms with Crippen LogP contribution in [0.3, 0.4) is 0 Å². The molecule has 1 aromatic rings. The fourth-order valence-corrected chi connectivity index (χ4v) is 6.33. The van der Waals surface area contributed by atoms with Gasteiger partial charge in [-0.05, 0) is 34.8 Å². The van der Waals surface area contributed by atoms with E-state index in [0.29, 0.717) is 12.3 Å². The number of carbonyl (C=O) groups is 3. The fraction of sp³-hybridized carbons (Fsp3) is 0.667. The van der Waals surface area contributed by atoms with E-state index in [9.17, 15) is 19.6 Å². The number of nitrogens with zero attached hydrogens (tertiary/aromatic N) is 2. The highest BCUT2D eigenvalue weighted by atomic mass is 16.2. The van der Waals surface area contributed by atoms with E-state index < -0.39 is 34.9 Å². The zero-order chi connectivity index (χ0) is 28.0. The quantitative estimate of drug-likeness (QED) is 0.526. The molecule has 3 amide bonds. The first-order chi connectivity index (χ1) is 17.7. The van der Waals surface area contributed by atoms with Gasteiger partial charge in [-0.1, -0.05) is 79.0 Å². The Kier molecular flexibility index (Phi) is 7.39. The summed E-state index contributed by atoms with van der Waals surface area (Å²) in [7, 11) is 0. The topological polar surface area (TPSA) is 128 Å². The van der Waals surface area contributed by atoms with E-state index in [4.69, 9.17) is 5.73 Å². The standard InChI is InChI=1S/C30H43N5O3/c1-28(2,3)23(24(32)29(4,5)6)25(36)33-22(14-18-10-9-11-18)26(37)35-17-30(15-19(35)16-31)20-12-7-8-13-21(20)34-27(30)38/h7-8,12-13,18-19,22-24H,9-11,14-15,17,32H2,1-6H3,(H,33,36)(H,34,38)/t19-,22-,23-,24?,30-/m0/s1. The molecule has 1 spiro atoms. The summed E-state index contributed by atoms with van der Waals surface area (Å²) < 4.78 is 0. The molecule has 0 radical (unpaired) electrons. The third-order valence-corrected chi connectivity index (χ3v) is 8.90. The highest BCUT2D eigenvalue weighted by Gasteiger charge is 2.56. The molecule has 2 aliphatic heterocycles. The van der Waals surface area contributed by atoms with Gasteiger partial charge in [0.15, 0.2) is 0 Å². The van der Waals surface area contributed by atoms with Crippen LogP contribution in [-0.4, -0.2) is 47.3 Å². The maximum atomic E-state index is 14.1. The van der Waals surface area contributed by atoms with Crippen LogP contribution in [0.4, 0.5) is 5.69 Å². The van der Waals surface area contributed by atoms with Gasteiger partial charge >= 0.3 is 0 Å². The van der Waals surface area contributed by atoms with Crippen LogP contribution in [0.25, 0.3) is 0 Å². The Labute approximate surface area is 226 Å². The Bertz CT molecular complexity index is 1140. The Morgan fingerprint density at radius 2 is 1.84 bits per heavy atom. The third kappa shape index (κ3) is 5.05. The predicted octanol–water partition coefficient (Wildman–Crippen LogP) is 3.71. The highest BCUT2D eigenvalue weighted by Crippen LogP contribution is 2.46. The number of fused-ring (bicyclic) bond motifs is 2. The van der Waals surface area contributed by atoms with Crippen molar-refractivity contribution in [1.82, 2.24) is 10.2 Å². The summed E-state index contributed by atoms with van der Waals surface area (Å²) in [6, 6.07) is 7.80. The van der Waals surface area contributed by atoms with Crippen LogP contribution in [0.1, 0.15) is 79.2 Å². The molecule has 38 heavy (non-hydrogen) atoms. The van der Waals surface area contributed by atoms with Crippen molar-refractivity contribution in [2.75, 3.05) is 11.9 Å². The number of hydrogen-bond donors (Lipinski definition) is 3. The normalized spacial score (nSPS) is 25.7. The van der Waals surface area contributed by atoms with Crippen molar-refractivity contribution < 1.29 is 14.4 Å². The zero-order valence-electron chi connectivity index (χ0n) is 23.6. The first kappa shape index (κ1) is 28.1. The van der Waals surface area contributed by atoms with Crippen LogP contribution < -0.4 is 16.4 Å². The van der Waals surface area contributed by atoms with Gasteiger partial charge in [0.05, 0.1) is 17.4 Å².